The van der Waals surface area contributed by atoms with Gasteiger partial charge in [-0.25, -0.2) is 9.97 Å². The smallest absolute Gasteiger partial charge is 0.276 e. The van der Waals surface area contributed by atoms with Gasteiger partial charge in [0.1, 0.15) is 0 Å². The third-order valence-electron chi connectivity index (χ3n) is 4.47. The first-order valence-electron chi connectivity index (χ1n) is 8.64. The van der Waals surface area contributed by atoms with Crippen molar-refractivity contribution in [3.63, 3.8) is 0 Å². The molecule has 0 saturated carbocycles. The fourth-order valence-electron chi connectivity index (χ4n) is 3.06. The van der Waals surface area contributed by atoms with Crippen LogP contribution in [0.15, 0.2) is 59.4 Å². The van der Waals surface area contributed by atoms with E-state index in [0.29, 0.717) is 30.5 Å². The SMILES string of the molecule is O=C(c1cc(-c2ccccc2)on1)N1CCC(Nc2ncccn2)CC1. The Hall–Kier alpha value is -3.22. The van der Waals surface area contributed by atoms with Crippen molar-refractivity contribution in [3.8, 4) is 11.3 Å². The molecule has 0 unspecified atom stereocenters. The number of nitrogens with one attached hydrogen (secondary N) is 1. The minimum atomic E-state index is -0.0923. The van der Waals surface area contributed by atoms with Crippen LogP contribution < -0.4 is 5.32 Å². The van der Waals surface area contributed by atoms with E-state index in [4.69, 9.17) is 4.52 Å². The molecule has 0 spiro atoms. The first-order chi connectivity index (χ1) is 12.8. The van der Waals surface area contributed by atoms with Crippen LogP contribution in [-0.2, 0) is 0 Å². The predicted molar refractivity (Wildman–Crippen MR) is 96.5 cm³/mol. The van der Waals surface area contributed by atoms with E-state index in [0.717, 1.165) is 18.4 Å². The number of likely N-dealkylation sites (tertiary alicyclic amines) is 1. The average molecular weight is 349 g/mol. The van der Waals surface area contributed by atoms with E-state index in [-0.39, 0.29) is 11.9 Å². The molecule has 1 aromatic carbocycles. The van der Waals surface area contributed by atoms with E-state index in [1.54, 1.807) is 24.5 Å². The second-order valence-electron chi connectivity index (χ2n) is 6.23. The standard InChI is InChI=1S/C19H19N5O2/c25-18(16-13-17(26-23-16)14-5-2-1-3-6-14)24-11-7-15(8-12-24)22-19-20-9-4-10-21-19/h1-6,9-10,13,15H,7-8,11-12H2,(H,20,21,22). The number of rotatable bonds is 4. The molecule has 0 bridgehead atoms. The Morgan fingerprint density at radius 3 is 2.54 bits per heavy atom. The first-order valence-corrected chi connectivity index (χ1v) is 8.64. The number of anilines is 1. The van der Waals surface area contributed by atoms with Crippen LogP contribution in [0.1, 0.15) is 23.3 Å². The van der Waals surface area contributed by atoms with Crippen molar-refractivity contribution in [1.29, 1.82) is 0 Å². The summed E-state index contributed by atoms with van der Waals surface area (Å²) in [6.07, 6.45) is 5.10. The number of hydrogen-bond donors (Lipinski definition) is 1. The number of benzene rings is 1. The van der Waals surface area contributed by atoms with E-state index in [1.165, 1.54) is 0 Å². The summed E-state index contributed by atoms with van der Waals surface area (Å²) in [7, 11) is 0. The Balaban J connectivity index is 1.36. The summed E-state index contributed by atoms with van der Waals surface area (Å²) in [5, 5.41) is 7.26. The highest BCUT2D eigenvalue weighted by atomic mass is 16.5. The highest BCUT2D eigenvalue weighted by molar-refractivity contribution is 5.93. The van der Waals surface area contributed by atoms with Crippen LogP contribution in [0.3, 0.4) is 0 Å². The molecule has 0 atom stereocenters. The minimum absolute atomic E-state index is 0.0923. The Labute approximate surface area is 151 Å². The van der Waals surface area contributed by atoms with Gasteiger partial charge in [0.25, 0.3) is 5.91 Å². The van der Waals surface area contributed by atoms with Gasteiger partial charge < -0.3 is 14.7 Å². The molecule has 1 aliphatic rings. The lowest BCUT2D eigenvalue weighted by Crippen LogP contribution is -2.42. The molecule has 0 radical (unpaired) electrons. The minimum Gasteiger partial charge on any atom is -0.355 e. The molecule has 1 N–H and O–H groups in total. The largest absolute Gasteiger partial charge is 0.355 e. The van der Waals surface area contributed by atoms with Crippen LogP contribution in [0.2, 0.25) is 0 Å². The maximum atomic E-state index is 12.7. The van der Waals surface area contributed by atoms with Crippen LogP contribution in [0.5, 0.6) is 0 Å². The Bertz CT molecular complexity index is 858. The number of aromatic nitrogens is 3. The van der Waals surface area contributed by atoms with E-state index in [9.17, 15) is 4.79 Å². The van der Waals surface area contributed by atoms with Crippen LogP contribution in [-0.4, -0.2) is 45.1 Å². The highest BCUT2D eigenvalue weighted by Crippen LogP contribution is 2.22. The summed E-state index contributed by atoms with van der Waals surface area (Å²) >= 11 is 0. The third-order valence-corrected chi connectivity index (χ3v) is 4.47. The second kappa shape index (κ2) is 7.35. The highest BCUT2D eigenvalue weighted by Gasteiger charge is 2.26. The lowest BCUT2D eigenvalue weighted by Gasteiger charge is -2.31. The number of carbonyl (C=O) groups excluding carboxylic acids is 1. The molecule has 1 fully saturated rings. The van der Waals surface area contributed by atoms with Gasteiger partial charge in [0.2, 0.25) is 5.95 Å². The molecule has 26 heavy (non-hydrogen) atoms. The molecule has 3 heterocycles. The molecule has 1 saturated heterocycles. The summed E-state index contributed by atoms with van der Waals surface area (Å²) in [5.74, 6) is 1.14. The topological polar surface area (TPSA) is 84.2 Å². The second-order valence-corrected chi connectivity index (χ2v) is 6.23. The predicted octanol–water partition coefficient (Wildman–Crippen LogP) is 2.85. The lowest BCUT2D eigenvalue weighted by atomic mass is 10.0. The fraction of sp³-hybridized carbons (Fsp3) is 0.263. The zero-order valence-electron chi connectivity index (χ0n) is 14.2. The van der Waals surface area contributed by atoms with Crippen LogP contribution in [0.4, 0.5) is 5.95 Å². The molecule has 132 valence electrons. The van der Waals surface area contributed by atoms with Gasteiger partial charge in [0.15, 0.2) is 11.5 Å². The summed E-state index contributed by atoms with van der Waals surface area (Å²) in [4.78, 5) is 22.8. The zero-order chi connectivity index (χ0) is 17.8. The van der Waals surface area contributed by atoms with E-state index >= 15 is 0 Å². The van der Waals surface area contributed by atoms with Gasteiger partial charge in [-0.1, -0.05) is 35.5 Å². The van der Waals surface area contributed by atoms with Crippen molar-refractivity contribution in [2.24, 2.45) is 0 Å². The Morgan fingerprint density at radius 2 is 1.81 bits per heavy atom. The van der Waals surface area contributed by atoms with E-state index in [2.05, 4.69) is 20.4 Å². The number of carbonyl (C=O) groups is 1. The Kier molecular flexibility index (Phi) is 4.59. The zero-order valence-corrected chi connectivity index (χ0v) is 14.2. The Morgan fingerprint density at radius 1 is 1.08 bits per heavy atom. The average Bonchev–Trinajstić information content (AvgIpc) is 3.20. The fourth-order valence-corrected chi connectivity index (χ4v) is 3.06. The number of nitrogens with zero attached hydrogens (tertiary/aromatic N) is 4. The molecule has 0 aliphatic carbocycles. The number of piperidine rings is 1. The normalized spacial score (nSPS) is 15.0. The van der Waals surface area contributed by atoms with E-state index in [1.807, 2.05) is 35.2 Å². The van der Waals surface area contributed by atoms with Gasteiger partial charge >= 0.3 is 0 Å². The van der Waals surface area contributed by atoms with Crippen molar-refractivity contribution < 1.29 is 9.32 Å². The van der Waals surface area contributed by atoms with Gasteiger partial charge in [-0.05, 0) is 18.9 Å². The lowest BCUT2D eigenvalue weighted by molar-refractivity contribution is 0.0708. The monoisotopic (exact) mass is 349 g/mol. The van der Waals surface area contributed by atoms with Crippen molar-refractivity contribution >= 4 is 11.9 Å². The molecule has 1 aliphatic heterocycles. The molecular formula is C19H19N5O2. The molecule has 7 nitrogen and oxygen atoms in total. The van der Waals surface area contributed by atoms with Gasteiger partial charge in [0.05, 0.1) is 0 Å². The van der Waals surface area contributed by atoms with Crippen molar-refractivity contribution in [1.82, 2.24) is 20.0 Å². The summed E-state index contributed by atoms with van der Waals surface area (Å²) in [5.41, 5.74) is 1.26. The van der Waals surface area contributed by atoms with Crippen LogP contribution >= 0.6 is 0 Å². The summed E-state index contributed by atoms with van der Waals surface area (Å²) in [6, 6.07) is 13.4. The summed E-state index contributed by atoms with van der Waals surface area (Å²) < 4.78 is 5.34. The number of amides is 1. The van der Waals surface area contributed by atoms with Gasteiger partial charge in [-0.3, -0.25) is 4.79 Å². The maximum Gasteiger partial charge on any atom is 0.276 e. The van der Waals surface area contributed by atoms with Crippen molar-refractivity contribution in [2.75, 3.05) is 18.4 Å². The quantitative estimate of drug-likeness (QED) is 0.780. The third kappa shape index (κ3) is 3.56. The first kappa shape index (κ1) is 16.3. The van der Waals surface area contributed by atoms with Gasteiger partial charge in [-0.2, -0.15) is 0 Å². The molecular weight excluding hydrogens is 330 g/mol. The molecule has 1 amide bonds. The van der Waals surface area contributed by atoms with Crippen molar-refractivity contribution in [2.45, 2.75) is 18.9 Å². The van der Waals surface area contributed by atoms with Crippen molar-refractivity contribution in [3.05, 3.63) is 60.6 Å². The van der Waals surface area contributed by atoms with E-state index < -0.39 is 0 Å². The number of hydrogen-bond acceptors (Lipinski definition) is 6. The summed E-state index contributed by atoms with van der Waals surface area (Å²) in [6.45, 7) is 1.33. The molecule has 2 aromatic heterocycles. The molecule has 7 heteroatoms. The van der Waals surface area contributed by atoms with Gasteiger partial charge in [0, 0.05) is 43.2 Å². The maximum absolute atomic E-state index is 12.7. The van der Waals surface area contributed by atoms with Crippen LogP contribution in [0, 0.1) is 0 Å². The van der Waals surface area contributed by atoms with Gasteiger partial charge in [-0.15, -0.1) is 0 Å². The molecule has 3 aromatic rings. The van der Waals surface area contributed by atoms with Crippen LogP contribution in [0.25, 0.3) is 11.3 Å². The molecule has 4 rings (SSSR count).